The van der Waals surface area contributed by atoms with Crippen molar-refractivity contribution < 1.29 is 27.1 Å². The molecule has 1 aromatic carbocycles. The monoisotopic (exact) mass is 323 g/mol. The maximum Gasteiger partial charge on any atom is 0.325 e. The first-order valence-electron chi connectivity index (χ1n) is 5.57. The molecule has 0 aliphatic carbocycles. The van der Waals surface area contributed by atoms with Gasteiger partial charge in [0.2, 0.25) is 10.0 Å². The lowest BCUT2D eigenvalue weighted by Gasteiger charge is -2.24. The lowest BCUT2D eigenvalue weighted by Crippen LogP contribution is -2.54. The van der Waals surface area contributed by atoms with Crippen LogP contribution in [0, 0.1) is 11.6 Å². The Balaban J connectivity index is 2.40. The Kier molecular flexibility index (Phi) is 4.03. The van der Waals surface area contributed by atoms with E-state index in [-0.39, 0.29) is 12.2 Å². The summed E-state index contributed by atoms with van der Waals surface area (Å²) < 4.78 is 52.8. The number of halogens is 2. The van der Waals surface area contributed by atoms with Crippen LogP contribution in [0.5, 0.6) is 0 Å². The summed E-state index contributed by atoms with van der Waals surface area (Å²) in [5.74, 6) is -2.87. The molecule has 20 heavy (non-hydrogen) atoms. The van der Waals surface area contributed by atoms with Crippen molar-refractivity contribution in [3.05, 3.63) is 29.8 Å². The number of aliphatic carboxylic acids is 1. The summed E-state index contributed by atoms with van der Waals surface area (Å²) in [6, 6.07) is 1.99. The summed E-state index contributed by atoms with van der Waals surface area (Å²) in [6.45, 7) is 0. The summed E-state index contributed by atoms with van der Waals surface area (Å²) in [5.41, 5.74) is -1.68. The SMILES string of the molecule is O=C(O)C1(NS(=O)(=O)c2cc(F)ccc2F)CCSC1. The van der Waals surface area contributed by atoms with Gasteiger partial charge in [-0.25, -0.2) is 17.2 Å². The average molecular weight is 323 g/mol. The molecule has 110 valence electrons. The molecule has 0 amide bonds. The first kappa shape index (κ1) is 15.2. The van der Waals surface area contributed by atoms with Crippen LogP contribution in [-0.2, 0) is 14.8 Å². The van der Waals surface area contributed by atoms with Gasteiger partial charge in [0, 0.05) is 5.75 Å². The van der Waals surface area contributed by atoms with E-state index < -0.39 is 38.1 Å². The van der Waals surface area contributed by atoms with E-state index in [0.717, 1.165) is 6.07 Å². The van der Waals surface area contributed by atoms with Crippen LogP contribution in [0.15, 0.2) is 23.1 Å². The van der Waals surface area contributed by atoms with Crippen molar-refractivity contribution in [2.24, 2.45) is 0 Å². The molecule has 1 atom stereocenters. The molecule has 1 aliphatic heterocycles. The summed E-state index contributed by atoms with van der Waals surface area (Å²) in [6.07, 6.45) is 0.0865. The van der Waals surface area contributed by atoms with Crippen molar-refractivity contribution in [3.8, 4) is 0 Å². The lowest BCUT2D eigenvalue weighted by molar-refractivity contribution is -0.142. The molecule has 9 heteroatoms. The molecule has 2 rings (SSSR count). The quantitative estimate of drug-likeness (QED) is 0.870. The number of carbonyl (C=O) groups is 1. The molecule has 5 nitrogen and oxygen atoms in total. The summed E-state index contributed by atoms with van der Waals surface area (Å²) in [7, 11) is -4.46. The first-order chi connectivity index (χ1) is 9.27. The fraction of sp³-hybridized carbons (Fsp3) is 0.364. The minimum absolute atomic E-state index is 0.0402. The van der Waals surface area contributed by atoms with Crippen molar-refractivity contribution in [3.63, 3.8) is 0 Å². The summed E-state index contributed by atoms with van der Waals surface area (Å²) in [5, 5.41) is 9.19. The average Bonchev–Trinajstić information content (AvgIpc) is 2.81. The second kappa shape index (κ2) is 5.30. The largest absolute Gasteiger partial charge is 0.480 e. The van der Waals surface area contributed by atoms with Crippen LogP contribution in [0.25, 0.3) is 0 Å². The highest BCUT2D eigenvalue weighted by atomic mass is 32.2. The van der Waals surface area contributed by atoms with Gasteiger partial charge in [-0.2, -0.15) is 16.5 Å². The van der Waals surface area contributed by atoms with Crippen LogP contribution in [0.3, 0.4) is 0 Å². The van der Waals surface area contributed by atoms with E-state index in [9.17, 15) is 27.1 Å². The van der Waals surface area contributed by atoms with Gasteiger partial charge in [0.1, 0.15) is 22.1 Å². The molecule has 1 fully saturated rings. The molecule has 0 radical (unpaired) electrons. The zero-order valence-electron chi connectivity index (χ0n) is 10.1. The van der Waals surface area contributed by atoms with E-state index in [2.05, 4.69) is 0 Å². The highest BCUT2D eigenvalue weighted by Crippen LogP contribution is 2.30. The summed E-state index contributed by atoms with van der Waals surface area (Å²) >= 11 is 1.28. The second-order valence-corrected chi connectivity index (χ2v) is 7.13. The molecule has 1 aliphatic rings. The Bertz CT molecular complexity index is 642. The topological polar surface area (TPSA) is 83.5 Å². The van der Waals surface area contributed by atoms with Gasteiger partial charge in [0.25, 0.3) is 0 Å². The smallest absolute Gasteiger partial charge is 0.325 e. The Morgan fingerprint density at radius 2 is 2.10 bits per heavy atom. The Morgan fingerprint density at radius 1 is 1.40 bits per heavy atom. The highest BCUT2D eigenvalue weighted by molar-refractivity contribution is 7.99. The van der Waals surface area contributed by atoms with Crippen molar-refractivity contribution in [1.29, 1.82) is 0 Å². The number of thioether (sulfide) groups is 1. The molecule has 1 saturated heterocycles. The van der Waals surface area contributed by atoms with Gasteiger partial charge in [0.05, 0.1) is 0 Å². The van der Waals surface area contributed by atoms with Gasteiger partial charge in [-0.3, -0.25) is 4.79 Å². The molecule has 2 N–H and O–H groups in total. The fourth-order valence-electron chi connectivity index (χ4n) is 1.85. The van der Waals surface area contributed by atoms with E-state index in [0.29, 0.717) is 17.9 Å². The van der Waals surface area contributed by atoms with Crippen LogP contribution in [0.1, 0.15) is 6.42 Å². The Hall–Kier alpha value is -1.19. The third-order valence-electron chi connectivity index (χ3n) is 2.94. The molecule has 0 saturated carbocycles. The molecule has 1 unspecified atom stereocenters. The third kappa shape index (κ3) is 2.79. The molecular formula is C11H11F2NO4S2. The van der Waals surface area contributed by atoms with Crippen LogP contribution in [-0.4, -0.2) is 36.5 Å². The predicted octanol–water partition coefficient (Wildman–Crippen LogP) is 1.20. The van der Waals surface area contributed by atoms with Gasteiger partial charge < -0.3 is 5.11 Å². The lowest BCUT2D eigenvalue weighted by atomic mass is 10.0. The van der Waals surface area contributed by atoms with E-state index in [4.69, 9.17) is 0 Å². The van der Waals surface area contributed by atoms with Gasteiger partial charge >= 0.3 is 5.97 Å². The Morgan fingerprint density at radius 3 is 2.65 bits per heavy atom. The van der Waals surface area contributed by atoms with E-state index in [1.54, 1.807) is 0 Å². The van der Waals surface area contributed by atoms with Gasteiger partial charge in [0.15, 0.2) is 0 Å². The number of hydrogen-bond donors (Lipinski definition) is 2. The molecule has 0 spiro atoms. The van der Waals surface area contributed by atoms with Crippen LogP contribution < -0.4 is 4.72 Å². The van der Waals surface area contributed by atoms with Gasteiger partial charge in [-0.15, -0.1) is 0 Å². The van der Waals surface area contributed by atoms with E-state index in [1.165, 1.54) is 11.8 Å². The third-order valence-corrected chi connectivity index (χ3v) is 5.68. The van der Waals surface area contributed by atoms with Gasteiger partial charge in [-0.05, 0) is 30.4 Å². The molecule has 1 aromatic rings. The highest BCUT2D eigenvalue weighted by Gasteiger charge is 2.45. The number of hydrogen-bond acceptors (Lipinski definition) is 4. The minimum Gasteiger partial charge on any atom is -0.480 e. The number of benzene rings is 1. The fourth-order valence-corrected chi connectivity index (χ4v) is 4.75. The maximum atomic E-state index is 13.5. The molecule has 0 aromatic heterocycles. The maximum absolute atomic E-state index is 13.5. The van der Waals surface area contributed by atoms with Crippen molar-refractivity contribution in [1.82, 2.24) is 4.72 Å². The standard InChI is InChI=1S/C11H11F2NO4S2/c12-7-1-2-8(13)9(5-7)20(17,18)14-11(10(15)16)3-4-19-6-11/h1-2,5,14H,3-4,6H2,(H,15,16). The predicted molar refractivity (Wildman–Crippen MR) is 69.0 cm³/mol. The van der Waals surface area contributed by atoms with Crippen LogP contribution >= 0.6 is 11.8 Å². The normalized spacial score (nSPS) is 22.9. The second-order valence-electron chi connectivity index (χ2n) is 4.37. The first-order valence-corrected chi connectivity index (χ1v) is 8.21. The minimum atomic E-state index is -4.46. The zero-order chi connectivity index (χ0) is 15.0. The van der Waals surface area contributed by atoms with Crippen molar-refractivity contribution in [2.45, 2.75) is 16.9 Å². The molecule has 1 heterocycles. The zero-order valence-corrected chi connectivity index (χ0v) is 11.7. The summed E-state index contributed by atoms with van der Waals surface area (Å²) in [4.78, 5) is 10.4. The van der Waals surface area contributed by atoms with Crippen molar-refractivity contribution in [2.75, 3.05) is 11.5 Å². The molecule has 0 bridgehead atoms. The van der Waals surface area contributed by atoms with E-state index in [1.807, 2.05) is 4.72 Å². The van der Waals surface area contributed by atoms with Crippen LogP contribution in [0.2, 0.25) is 0 Å². The number of carboxylic acids is 1. The number of nitrogens with one attached hydrogen (secondary N) is 1. The number of carboxylic acid groups (broad SMARTS) is 1. The van der Waals surface area contributed by atoms with E-state index >= 15 is 0 Å². The van der Waals surface area contributed by atoms with Gasteiger partial charge in [-0.1, -0.05) is 0 Å². The number of sulfonamides is 1. The number of rotatable bonds is 4. The Labute approximate surface area is 118 Å². The van der Waals surface area contributed by atoms with Crippen LogP contribution in [0.4, 0.5) is 8.78 Å². The van der Waals surface area contributed by atoms with Crippen molar-refractivity contribution >= 4 is 27.8 Å². The molecular weight excluding hydrogens is 312 g/mol.